The van der Waals surface area contributed by atoms with Gasteiger partial charge in [0, 0.05) is 0 Å². The van der Waals surface area contributed by atoms with Gasteiger partial charge in [0.2, 0.25) is 5.88 Å². The van der Waals surface area contributed by atoms with Crippen molar-refractivity contribution in [2.24, 2.45) is 5.92 Å². The van der Waals surface area contributed by atoms with Gasteiger partial charge in [0.1, 0.15) is 0 Å². The first kappa shape index (κ1) is 16.7. The number of aliphatic hydroxyl groups is 1. The molecule has 2 fully saturated rings. The minimum absolute atomic E-state index is 0.166. The molecule has 0 aliphatic heterocycles. The summed E-state index contributed by atoms with van der Waals surface area (Å²) >= 11 is 3.44. The minimum atomic E-state index is -0.453. The Morgan fingerprint density at radius 2 is 2.13 bits per heavy atom. The monoisotopic (exact) mass is 382 g/mol. The van der Waals surface area contributed by atoms with E-state index in [1.54, 1.807) is 6.07 Å². The third kappa shape index (κ3) is 4.23. The number of hydrogen-bond acceptors (Lipinski definition) is 4. The smallest absolute Gasteiger partial charge is 0.253 e. The SMILES string of the molecule is Cc1nc(OCC2CC2)c(Br)cc1C(=O)NC1CCCCC1O. The number of hydrogen-bond donors (Lipinski definition) is 2. The summed E-state index contributed by atoms with van der Waals surface area (Å²) in [6, 6.07) is 1.59. The summed E-state index contributed by atoms with van der Waals surface area (Å²) < 4.78 is 6.41. The maximum absolute atomic E-state index is 12.5. The minimum Gasteiger partial charge on any atom is -0.477 e. The average molecular weight is 383 g/mol. The molecule has 2 saturated carbocycles. The number of carbonyl (C=O) groups excluding carboxylic acids is 1. The molecule has 0 saturated heterocycles. The molecule has 0 aromatic carbocycles. The van der Waals surface area contributed by atoms with Gasteiger partial charge >= 0.3 is 0 Å². The lowest BCUT2D eigenvalue weighted by atomic mass is 9.92. The zero-order valence-corrected chi connectivity index (χ0v) is 14.9. The van der Waals surface area contributed by atoms with Crippen LogP contribution in [0.5, 0.6) is 5.88 Å². The third-order valence-electron chi connectivity index (χ3n) is 4.58. The second-order valence-electron chi connectivity index (χ2n) is 6.59. The number of carbonyl (C=O) groups is 1. The van der Waals surface area contributed by atoms with Crippen LogP contribution in [-0.2, 0) is 0 Å². The van der Waals surface area contributed by atoms with Crippen LogP contribution in [0.3, 0.4) is 0 Å². The van der Waals surface area contributed by atoms with Crippen LogP contribution in [0.4, 0.5) is 0 Å². The van der Waals surface area contributed by atoms with Gasteiger partial charge in [-0.05, 0) is 60.5 Å². The summed E-state index contributed by atoms with van der Waals surface area (Å²) in [5, 5.41) is 12.9. The van der Waals surface area contributed by atoms with Crippen LogP contribution in [0.25, 0.3) is 0 Å². The molecule has 2 unspecified atom stereocenters. The predicted molar refractivity (Wildman–Crippen MR) is 90.6 cm³/mol. The molecule has 126 valence electrons. The topological polar surface area (TPSA) is 71.5 Å². The second kappa shape index (κ2) is 7.18. The van der Waals surface area contributed by atoms with Crippen molar-refractivity contribution in [2.75, 3.05) is 6.61 Å². The van der Waals surface area contributed by atoms with Gasteiger partial charge < -0.3 is 15.2 Å². The molecule has 2 N–H and O–H groups in total. The van der Waals surface area contributed by atoms with Crippen molar-refractivity contribution in [3.63, 3.8) is 0 Å². The van der Waals surface area contributed by atoms with Gasteiger partial charge in [0.25, 0.3) is 5.91 Å². The number of ether oxygens (including phenoxy) is 1. The van der Waals surface area contributed by atoms with E-state index in [-0.39, 0.29) is 11.9 Å². The Balaban J connectivity index is 1.68. The lowest BCUT2D eigenvalue weighted by molar-refractivity contribution is 0.0716. The first-order valence-electron chi connectivity index (χ1n) is 8.33. The number of nitrogens with zero attached hydrogens (tertiary/aromatic N) is 1. The highest BCUT2D eigenvalue weighted by Gasteiger charge is 2.26. The molecule has 0 bridgehead atoms. The van der Waals surface area contributed by atoms with Crippen LogP contribution < -0.4 is 10.1 Å². The van der Waals surface area contributed by atoms with Crippen molar-refractivity contribution >= 4 is 21.8 Å². The summed E-state index contributed by atoms with van der Waals surface area (Å²) in [5.41, 5.74) is 1.16. The Bertz CT molecular complexity index is 589. The van der Waals surface area contributed by atoms with Gasteiger partial charge in [0.15, 0.2) is 0 Å². The lowest BCUT2D eigenvalue weighted by Crippen LogP contribution is -2.45. The van der Waals surface area contributed by atoms with E-state index < -0.39 is 6.10 Å². The zero-order valence-electron chi connectivity index (χ0n) is 13.3. The highest BCUT2D eigenvalue weighted by Crippen LogP contribution is 2.31. The van der Waals surface area contributed by atoms with E-state index in [0.717, 1.165) is 25.7 Å². The molecular formula is C17H23BrN2O3. The number of pyridine rings is 1. The highest BCUT2D eigenvalue weighted by atomic mass is 79.9. The number of halogens is 1. The summed E-state index contributed by atoms with van der Waals surface area (Å²) in [5.74, 6) is 1.01. The molecule has 2 atom stereocenters. The summed E-state index contributed by atoms with van der Waals surface area (Å²) in [7, 11) is 0. The molecule has 1 heterocycles. The Labute approximate surface area is 145 Å². The van der Waals surface area contributed by atoms with Crippen molar-refractivity contribution < 1.29 is 14.6 Å². The van der Waals surface area contributed by atoms with Crippen molar-refractivity contribution in [1.82, 2.24) is 10.3 Å². The van der Waals surface area contributed by atoms with Gasteiger partial charge in [-0.1, -0.05) is 12.8 Å². The van der Waals surface area contributed by atoms with Crippen LogP contribution in [0.1, 0.15) is 54.6 Å². The molecule has 0 spiro atoms. The maximum Gasteiger partial charge on any atom is 0.253 e. The quantitative estimate of drug-likeness (QED) is 0.820. The van der Waals surface area contributed by atoms with E-state index in [1.807, 2.05) is 6.92 Å². The Kier molecular flexibility index (Phi) is 5.21. The third-order valence-corrected chi connectivity index (χ3v) is 5.15. The van der Waals surface area contributed by atoms with E-state index in [1.165, 1.54) is 12.8 Å². The van der Waals surface area contributed by atoms with Gasteiger partial charge in [-0.2, -0.15) is 0 Å². The van der Waals surface area contributed by atoms with Gasteiger partial charge in [-0.15, -0.1) is 0 Å². The van der Waals surface area contributed by atoms with Crippen LogP contribution in [0.15, 0.2) is 10.5 Å². The van der Waals surface area contributed by atoms with Crippen molar-refractivity contribution in [2.45, 2.75) is 57.6 Å². The number of aryl methyl sites for hydroxylation is 1. The van der Waals surface area contributed by atoms with Crippen molar-refractivity contribution in [3.05, 3.63) is 21.8 Å². The van der Waals surface area contributed by atoms with Crippen LogP contribution in [-0.4, -0.2) is 34.8 Å². The first-order valence-corrected chi connectivity index (χ1v) is 9.12. The number of nitrogens with one attached hydrogen (secondary N) is 1. The van der Waals surface area contributed by atoms with Crippen LogP contribution in [0, 0.1) is 12.8 Å². The molecule has 2 aliphatic rings. The van der Waals surface area contributed by atoms with Crippen molar-refractivity contribution in [3.8, 4) is 5.88 Å². The van der Waals surface area contributed by atoms with Gasteiger partial charge in [-0.25, -0.2) is 4.98 Å². The van der Waals surface area contributed by atoms with E-state index in [0.29, 0.717) is 34.1 Å². The number of rotatable bonds is 5. The lowest BCUT2D eigenvalue weighted by Gasteiger charge is -2.28. The second-order valence-corrected chi connectivity index (χ2v) is 7.45. The maximum atomic E-state index is 12.5. The number of aliphatic hydroxyl groups excluding tert-OH is 1. The Morgan fingerprint density at radius 3 is 2.83 bits per heavy atom. The fourth-order valence-corrected chi connectivity index (χ4v) is 3.33. The van der Waals surface area contributed by atoms with E-state index in [4.69, 9.17) is 4.74 Å². The fourth-order valence-electron chi connectivity index (χ4n) is 2.90. The molecule has 3 rings (SSSR count). The normalized spacial score (nSPS) is 24.3. The van der Waals surface area contributed by atoms with Crippen molar-refractivity contribution in [1.29, 1.82) is 0 Å². The average Bonchev–Trinajstić information content (AvgIpc) is 3.34. The molecule has 1 aromatic heterocycles. The molecule has 1 amide bonds. The van der Waals surface area contributed by atoms with Crippen LogP contribution >= 0.6 is 15.9 Å². The fraction of sp³-hybridized carbons (Fsp3) is 0.647. The van der Waals surface area contributed by atoms with E-state index >= 15 is 0 Å². The molecular weight excluding hydrogens is 360 g/mol. The highest BCUT2D eigenvalue weighted by molar-refractivity contribution is 9.10. The molecule has 5 nitrogen and oxygen atoms in total. The summed E-state index contributed by atoms with van der Waals surface area (Å²) in [4.78, 5) is 16.9. The summed E-state index contributed by atoms with van der Waals surface area (Å²) in [6.45, 7) is 2.49. The van der Waals surface area contributed by atoms with E-state index in [2.05, 4.69) is 26.2 Å². The first-order chi connectivity index (χ1) is 11.0. The van der Waals surface area contributed by atoms with Gasteiger partial charge in [-0.3, -0.25) is 4.79 Å². The molecule has 0 radical (unpaired) electrons. The Morgan fingerprint density at radius 1 is 1.39 bits per heavy atom. The largest absolute Gasteiger partial charge is 0.477 e. The molecule has 6 heteroatoms. The standard InChI is InChI=1S/C17H23BrN2O3/c1-10-12(16(22)20-14-4-2-3-5-15(14)21)8-13(18)17(19-10)23-9-11-6-7-11/h8,11,14-15,21H,2-7,9H2,1H3,(H,20,22). The predicted octanol–water partition coefficient (Wildman–Crippen LogP) is 2.97. The van der Waals surface area contributed by atoms with Gasteiger partial charge in [0.05, 0.1) is 34.5 Å². The number of amides is 1. The summed E-state index contributed by atoms with van der Waals surface area (Å²) in [6.07, 6.45) is 5.62. The Hall–Kier alpha value is -1.14. The van der Waals surface area contributed by atoms with E-state index in [9.17, 15) is 9.90 Å². The number of aromatic nitrogens is 1. The molecule has 2 aliphatic carbocycles. The zero-order chi connectivity index (χ0) is 16.4. The molecule has 1 aromatic rings. The van der Waals surface area contributed by atoms with Crippen LogP contribution in [0.2, 0.25) is 0 Å². The molecule has 23 heavy (non-hydrogen) atoms.